The predicted molar refractivity (Wildman–Crippen MR) is 73.4 cm³/mol. The molecule has 0 saturated heterocycles. The monoisotopic (exact) mass is 277 g/mol. The predicted octanol–water partition coefficient (Wildman–Crippen LogP) is 1.22. The van der Waals surface area contributed by atoms with E-state index in [1.165, 1.54) is 18.2 Å². The summed E-state index contributed by atoms with van der Waals surface area (Å²) >= 11 is 0. The van der Waals surface area contributed by atoms with Crippen LogP contribution in [0.2, 0.25) is 0 Å². The lowest BCUT2D eigenvalue weighted by atomic mass is 10.2. The summed E-state index contributed by atoms with van der Waals surface area (Å²) in [6.45, 7) is 1.91. The number of nitrogens with zero attached hydrogens (tertiary/aromatic N) is 1. The van der Waals surface area contributed by atoms with Gasteiger partial charge in [0.15, 0.2) is 0 Å². The highest BCUT2D eigenvalue weighted by Gasteiger charge is 2.21. The van der Waals surface area contributed by atoms with Gasteiger partial charge in [-0.3, -0.25) is 0 Å². The van der Waals surface area contributed by atoms with Crippen LogP contribution in [0.15, 0.2) is 23.1 Å². The van der Waals surface area contributed by atoms with E-state index in [4.69, 9.17) is 17.4 Å². The Labute approximate surface area is 113 Å². The molecule has 3 N–H and O–H groups in total. The van der Waals surface area contributed by atoms with Gasteiger partial charge in [0, 0.05) is 5.69 Å². The smallest absolute Gasteiger partial charge is 0.242 e. The van der Waals surface area contributed by atoms with E-state index < -0.39 is 16.1 Å². The first-order chi connectivity index (χ1) is 8.94. The molecule has 0 fully saturated rings. The maximum absolute atomic E-state index is 12.2. The van der Waals surface area contributed by atoms with Gasteiger partial charge in [-0.15, -0.1) is 6.42 Å². The molecule has 1 atom stereocenters. The van der Waals surface area contributed by atoms with Crippen molar-refractivity contribution >= 4 is 15.7 Å². The minimum Gasteiger partial charge on any atom is -0.399 e. The van der Waals surface area contributed by atoms with E-state index >= 15 is 0 Å². The number of nitrogens with one attached hydrogen (secondary N) is 1. The van der Waals surface area contributed by atoms with Crippen LogP contribution in [0.5, 0.6) is 0 Å². The molecule has 1 aromatic rings. The molecule has 19 heavy (non-hydrogen) atoms. The Morgan fingerprint density at radius 1 is 1.53 bits per heavy atom. The molecule has 6 heteroatoms. The van der Waals surface area contributed by atoms with Gasteiger partial charge in [0.1, 0.15) is 6.07 Å². The molecule has 100 valence electrons. The fourth-order valence-electron chi connectivity index (χ4n) is 1.59. The van der Waals surface area contributed by atoms with Crippen LogP contribution in [0.4, 0.5) is 5.69 Å². The molecule has 0 aromatic heterocycles. The maximum atomic E-state index is 12.2. The molecular weight excluding hydrogens is 262 g/mol. The van der Waals surface area contributed by atoms with E-state index in [-0.39, 0.29) is 10.5 Å². The fraction of sp³-hybridized carbons (Fsp3) is 0.308. The average Bonchev–Trinajstić information content (AvgIpc) is 2.37. The number of hydrogen-bond acceptors (Lipinski definition) is 4. The first-order valence-electron chi connectivity index (χ1n) is 5.72. The van der Waals surface area contributed by atoms with Crippen molar-refractivity contribution in [3.63, 3.8) is 0 Å². The Balaban J connectivity index is 3.15. The summed E-state index contributed by atoms with van der Waals surface area (Å²) in [6, 6.07) is 5.28. The highest BCUT2D eigenvalue weighted by Crippen LogP contribution is 2.18. The first kappa shape index (κ1) is 15.0. The SMILES string of the molecule is C#CC(CCC)NS(=O)(=O)c1ccc(N)cc1C#N. The molecule has 0 radical (unpaired) electrons. The summed E-state index contributed by atoms with van der Waals surface area (Å²) in [5.41, 5.74) is 5.85. The third kappa shape index (κ3) is 3.72. The van der Waals surface area contributed by atoms with Crippen molar-refractivity contribution in [2.75, 3.05) is 5.73 Å². The number of rotatable bonds is 5. The van der Waals surface area contributed by atoms with Crippen LogP contribution in [0.3, 0.4) is 0 Å². The summed E-state index contributed by atoms with van der Waals surface area (Å²) in [6.07, 6.45) is 6.57. The van der Waals surface area contributed by atoms with Crippen LogP contribution >= 0.6 is 0 Å². The van der Waals surface area contributed by atoms with Gasteiger partial charge in [-0.25, -0.2) is 8.42 Å². The van der Waals surface area contributed by atoms with E-state index in [0.29, 0.717) is 12.1 Å². The summed E-state index contributed by atoms with van der Waals surface area (Å²) in [7, 11) is -3.82. The molecule has 0 bridgehead atoms. The van der Waals surface area contributed by atoms with Crippen molar-refractivity contribution < 1.29 is 8.42 Å². The van der Waals surface area contributed by atoms with Crippen molar-refractivity contribution in [1.29, 1.82) is 5.26 Å². The summed E-state index contributed by atoms with van der Waals surface area (Å²) < 4.78 is 26.7. The van der Waals surface area contributed by atoms with Crippen LogP contribution in [-0.2, 0) is 10.0 Å². The highest BCUT2D eigenvalue weighted by atomic mass is 32.2. The van der Waals surface area contributed by atoms with E-state index in [9.17, 15) is 8.42 Å². The molecule has 0 saturated carbocycles. The minimum absolute atomic E-state index is 0.000213. The number of terminal acetylenes is 1. The van der Waals surface area contributed by atoms with Crippen molar-refractivity contribution in [2.45, 2.75) is 30.7 Å². The van der Waals surface area contributed by atoms with Crippen LogP contribution in [-0.4, -0.2) is 14.5 Å². The second-order valence-corrected chi connectivity index (χ2v) is 5.68. The van der Waals surface area contributed by atoms with Crippen molar-refractivity contribution in [3.8, 4) is 18.4 Å². The molecule has 1 aromatic carbocycles. The van der Waals surface area contributed by atoms with Crippen LogP contribution in [0.1, 0.15) is 25.3 Å². The van der Waals surface area contributed by atoms with Crippen molar-refractivity contribution in [2.24, 2.45) is 0 Å². The Morgan fingerprint density at radius 3 is 2.74 bits per heavy atom. The van der Waals surface area contributed by atoms with Crippen LogP contribution < -0.4 is 10.5 Å². The number of hydrogen-bond donors (Lipinski definition) is 2. The zero-order valence-corrected chi connectivity index (χ0v) is 11.4. The van der Waals surface area contributed by atoms with Crippen molar-refractivity contribution in [3.05, 3.63) is 23.8 Å². The van der Waals surface area contributed by atoms with E-state index in [2.05, 4.69) is 10.6 Å². The molecule has 5 nitrogen and oxygen atoms in total. The molecular formula is C13H15N3O2S. The van der Waals surface area contributed by atoms with Gasteiger partial charge < -0.3 is 5.73 Å². The zero-order valence-electron chi connectivity index (χ0n) is 10.6. The highest BCUT2D eigenvalue weighted by molar-refractivity contribution is 7.89. The number of nitrogen functional groups attached to an aromatic ring is 1. The molecule has 0 amide bonds. The molecule has 0 aliphatic rings. The summed E-state index contributed by atoms with van der Waals surface area (Å²) in [4.78, 5) is -0.111. The summed E-state index contributed by atoms with van der Waals surface area (Å²) in [5.74, 6) is 2.38. The van der Waals surface area contributed by atoms with E-state index in [0.717, 1.165) is 6.42 Å². The van der Waals surface area contributed by atoms with E-state index in [1.807, 2.05) is 13.0 Å². The normalized spacial score (nSPS) is 12.4. The molecule has 0 aliphatic heterocycles. The lowest BCUT2D eigenvalue weighted by Crippen LogP contribution is -2.34. The number of nitrogens with two attached hydrogens (primary N) is 1. The van der Waals surface area contributed by atoms with Crippen LogP contribution in [0.25, 0.3) is 0 Å². The molecule has 0 heterocycles. The number of anilines is 1. The fourth-order valence-corrected chi connectivity index (χ4v) is 2.91. The van der Waals surface area contributed by atoms with Crippen molar-refractivity contribution in [1.82, 2.24) is 4.72 Å². The molecule has 1 rings (SSSR count). The first-order valence-corrected chi connectivity index (χ1v) is 7.21. The second kappa shape index (κ2) is 6.24. The minimum atomic E-state index is -3.82. The summed E-state index contributed by atoms with van der Waals surface area (Å²) in [5, 5.41) is 8.96. The van der Waals surface area contributed by atoms with Gasteiger partial charge in [-0.05, 0) is 24.6 Å². The Hall–Kier alpha value is -2.02. The largest absolute Gasteiger partial charge is 0.399 e. The van der Waals surface area contributed by atoms with Gasteiger partial charge in [-0.2, -0.15) is 9.98 Å². The van der Waals surface area contributed by atoms with Gasteiger partial charge >= 0.3 is 0 Å². The Bertz CT molecular complexity index is 639. The van der Waals surface area contributed by atoms with E-state index in [1.54, 1.807) is 0 Å². The Morgan fingerprint density at radius 2 is 2.21 bits per heavy atom. The molecule has 0 spiro atoms. The van der Waals surface area contributed by atoms with Gasteiger partial charge in [-0.1, -0.05) is 19.3 Å². The quantitative estimate of drug-likeness (QED) is 0.624. The van der Waals surface area contributed by atoms with Crippen LogP contribution in [0, 0.1) is 23.7 Å². The standard InChI is InChI=1S/C13H15N3O2S/c1-3-5-12(4-2)16-19(17,18)13-7-6-11(15)8-10(13)9-14/h2,6-8,12,16H,3,5,15H2,1H3. The molecule has 0 aliphatic carbocycles. The van der Waals surface area contributed by atoms with Gasteiger partial charge in [0.05, 0.1) is 16.5 Å². The number of benzene rings is 1. The number of sulfonamides is 1. The topological polar surface area (TPSA) is 96.0 Å². The number of nitriles is 1. The lowest BCUT2D eigenvalue weighted by molar-refractivity contribution is 0.564. The third-order valence-corrected chi connectivity index (χ3v) is 4.02. The zero-order chi connectivity index (χ0) is 14.5. The lowest BCUT2D eigenvalue weighted by Gasteiger charge is -2.13. The Kier molecular flexibility index (Phi) is 4.94. The van der Waals surface area contributed by atoms with Gasteiger partial charge in [0.2, 0.25) is 10.0 Å². The maximum Gasteiger partial charge on any atom is 0.242 e. The second-order valence-electron chi connectivity index (χ2n) is 4.00. The third-order valence-electron chi connectivity index (χ3n) is 2.49. The van der Waals surface area contributed by atoms with Gasteiger partial charge in [0.25, 0.3) is 0 Å². The molecule has 1 unspecified atom stereocenters. The average molecular weight is 277 g/mol.